The molecule has 1 spiro atoms. The molecule has 1 saturated heterocycles. The lowest BCUT2D eigenvalue weighted by atomic mass is 9.68. The second-order valence-corrected chi connectivity index (χ2v) is 9.51. The number of thiophene rings is 1. The molecule has 3 heterocycles. The molecular formula is C23H29N3O2S. The number of likely N-dealkylation sites (N-methyl/N-ethyl adjacent to an activating group) is 1. The van der Waals surface area contributed by atoms with Gasteiger partial charge in [0.1, 0.15) is 0 Å². The summed E-state index contributed by atoms with van der Waals surface area (Å²) in [5.41, 5.74) is 3.70. The summed E-state index contributed by atoms with van der Waals surface area (Å²) in [7, 11) is 3.61. The van der Waals surface area contributed by atoms with Gasteiger partial charge < -0.3 is 9.80 Å². The third-order valence-corrected chi connectivity index (χ3v) is 7.46. The van der Waals surface area contributed by atoms with Crippen molar-refractivity contribution in [3.63, 3.8) is 0 Å². The molecule has 0 radical (unpaired) electrons. The molecule has 154 valence electrons. The molecule has 1 aromatic heterocycles. The van der Waals surface area contributed by atoms with Crippen LogP contribution >= 0.6 is 11.3 Å². The Morgan fingerprint density at radius 1 is 1.14 bits per heavy atom. The largest absolute Gasteiger partial charge is 0.348 e. The topological polar surface area (TPSA) is 43.9 Å². The highest BCUT2D eigenvalue weighted by Gasteiger charge is 2.43. The molecule has 2 aromatic rings. The van der Waals surface area contributed by atoms with Gasteiger partial charge in [0.15, 0.2) is 0 Å². The molecule has 2 aliphatic heterocycles. The number of fused-ring (bicyclic) bond motifs is 2. The van der Waals surface area contributed by atoms with Crippen molar-refractivity contribution >= 4 is 23.2 Å². The van der Waals surface area contributed by atoms with Gasteiger partial charge in [0, 0.05) is 32.6 Å². The molecule has 6 heteroatoms. The highest BCUT2D eigenvalue weighted by molar-refractivity contribution is 7.12. The van der Waals surface area contributed by atoms with Crippen LogP contribution in [0.5, 0.6) is 0 Å². The Hall–Kier alpha value is -2.18. The fraction of sp³-hybridized carbons (Fsp3) is 0.478. The molecule has 0 N–H and O–H groups in total. The van der Waals surface area contributed by atoms with Crippen LogP contribution in [0.4, 0.5) is 0 Å². The van der Waals surface area contributed by atoms with E-state index in [1.807, 2.05) is 23.3 Å². The lowest BCUT2D eigenvalue weighted by Crippen LogP contribution is -2.54. The van der Waals surface area contributed by atoms with Gasteiger partial charge in [-0.2, -0.15) is 0 Å². The van der Waals surface area contributed by atoms with Gasteiger partial charge in [0.25, 0.3) is 5.91 Å². The smallest absolute Gasteiger partial charge is 0.264 e. The Morgan fingerprint density at radius 3 is 2.52 bits per heavy atom. The van der Waals surface area contributed by atoms with E-state index in [0.29, 0.717) is 13.1 Å². The molecule has 4 rings (SSSR count). The molecule has 0 atom stereocenters. The van der Waals surface area contributed by atoms with Crippen molar-refractivity contribution in [1.29, 1.82) is 0 Å². The van der Waals surface area contributed by atoms with Crippen molar-refractivity contribution in [2.75, 3.05) is 40.3 Å². The number of rotatable bonds is 3. The van der Waals surface area contributed by atoms with Crippen LogP contribution < -0.4 is 0 Å². The Labute approximate surface area is 176 Å². The van der Waals surface area contributed by atoms with Crippen molar-refractivity contribution < 1.29 is 9.59 Å². The van der Waals surface area contributed by atoms with Gasteiger partial charge >= 0.3 is 0 Å². The standard InChI is InChI=1S/C23H29N3O2S/c1-17-8-13-29-21(17)22(28)26-14-18-6-4-5-7-19(18)23(16-26)9-11-25(12-10-23)15-20(27)24(2)3/h4-8,13H,9-12,14-16H2,1-3H3. The summed E-state index contributed by atoms with van der Waals surface area (Å²) in [4.78, 5) is 32.2. The van der Waals surface area contributed by atoms with Gasteiger partial charge in [-0.25, -0.2) is 0 Å². The number of likely N-dealkylation sites (tertiary alicyclic amines) is 1. The first kappa shape index (κ1) is 20.1. The predicted octanol–water partition coefficient (Wildman–Crippen LogP) is 3.13. The maximum absolute atomic E-state index is 13.3. The molecular weight excluding hydrogens is 382 g/mol. The van der Waals surface area contributed by atoms with Crippen molar-refractivity contribution in [1.82, 2.24) is 14.7 Å². The average Bonchev–Trinajstić information content (AvgIpc) is 3.15. The monoisotopic (exact) mass is 411 g/mol. The van der Waals surface area contributed by atoms with E-state index < -0.39 is 0 Å². The van der Waals surface area contributed by atoms with E-state index in [1.165, 1.54) is 22.5 Å². The zero-order valence-corrected chi connectivity index (χ0v) is 18.3. The van der Waals surface area contributed by atoms with Gasteiger partial charge in [-0.3, -0.25) is 14.5 Å². The van der Waals surface area contributed by atoms with E-state index in [-0.39, 0.29) is 17.2 Å². The maximum Gasteiger partial charge on any atom is 0.264 e. The Bertz CT molecular complexity index is 912. The number of nitrogens with zero attached hydrogens (tertiary/aromatic N) is 3. The number of aryl methyl sites for hydroxylation is 1. The number of hydrogen-bond donors (Lipinski definition) is 0. The van der Waals surface area contributed by atoms with Crippen LogP contribution in [-0.4, -0.2) is 66.8 Å². The minimum atomic E-state index is -0.0205. The number of hydrogen-bond acceptors (Lipinski definition) is 4. The molecule has 1 fully saturated rings. The van der Waals surface area contributed by atoms with Crippen LogP contribution in [0.2, 0.25) is 0 Å². The van der Waals surface area contributed by atoms with E-state index in [0.717, 1.165) is 42.9 Å². The number of amides is 2. The summed E-state index contributed by atoms with van der Waals surface area (Å²) in [6.07, 6.45) is 1.94. The molecule has 0 unspecified atom stereocenters. The Morgan fingerprint density at radius 2 is 1.86 bits per heavy atom. The number of carbonyl (C=O) groups excluding carboxylic acids is 2. The number of carbonyl (C=O) groups is 2. The fourth-order valence-corrected chi connectivity index (χ4v) is 5.56. The fourth-order valence-electron chi connectivity index (χ4n) is 4.67. The second-order valence-electron chi connectivity index (χ2n) is 8.60. The van der Waals surface area contributed by atoms with E-state index in [9.17, 15) is 9.59 Å². The molecule has 0 saturated carbocycles. The molecule has 2 amide bonds. The zero-order valence-electron chi connectivity index (χ0n) is 17.5. The molecule has 2 aliphatic rings. The Balaban J connectivity index is 1.57. The lowest BCUT2D eigenvalue weighted by molar-refractivity contribution is -0.130. The highest BCUT2D eigenvalue weighted by atomic mass is 32.1. The lowest BCUT2D eigenvalue weighted by Gasteiger charge is -2.48. The summed E-state index contributed by atoms with van der Waals surface area (Å²) >= 11 is 1.54. The van der Waals surface area contributed by atoms with E-state index in [4.69, 9.17) is 0 Å². The van der Waals surface area contributed by atoms with Gasteiger partial charge in [0.2, 0.25) is 5.91 Å². The minimum Gasteiger partial charge on any atom is -0.348 e. The van der Waals surface area contributed by atoms with Crippen molar-refractivity contribution in [2.24, 2.45) is 0 Å². The van der Waals surface area contributed by atoms with Crippen LogP contribution in [0, 0.1) is 6.92 Å². The summed E-state index contributed by atoms with van der Waals surface area (Å²) in [5.74, 6) is 0.298. The van der Waals surface area contributed by atoms with Crippen LogP contribution in [-0.2, 0) is 16.8 Å². The summed E-state index contributed by atoms with van der Waals surface area (Å²) < 4.78 is 0. The molecule has 29 heavy (non-hydrogen) atoms. The summed E-state index contributed by atoms with van der Waals surface area (Å²) in [5, 5.41) is 2.00. The molecule has 1 aromatic carbocycles. The molecule has 5 nitrogen and oxygen atoms in total. The van der Waals surface area contributed by atoms with Crippen LogP contribution in [0.1, 0.15) is 39.2 Å². The van der Waals surface area contributed by atoms with Gasteiger partial charge in [0.05, 0.1) is 11.4 Å². The zero-order chi connectivity index (χ0) is 20.6. The maximum atomic E-state index is 13.3. The van der Waals surface area contributed by atoms with Crippen LogP contribution in [0.3, 0.4) is 0 Å². The van der Waals surface area contributed by atoms with Crippen LogP contribution in [0.25, 0.3) is 0 Å². The van der Waals surface area contributed by atoms with Crippen molar-refractivity contribution in [3.8, 4) is 0 Å². The quantitative estimate of drug-likeness (QED) is 0.779. The van der Waals surface area contributed by atoms with Gasteiger partial charge in [-0.05, 0) is 61.0 Å². The molecule has 0 bridgehead atoms. The van der Waals surface area contributed by atoms with E-state index in [1.54, 1.807) is 19.0 Å². The van der Waals surface area contributed by atoms with Gasteiger partial charge in [-0.1, -0.05) is 24.3 Å². The third-order valence-electron chi connectivity index (χ3n) is 6.46. The van der Waals surface area contributed by atoms with Crippen LogP contribution in [0.15, 0.2) is 35.7 Å². The van der Waals surface area contributed by atoms with Crippen molar-refractivity contribution in [2.45, 2.75) is 31.7 Å². The number of piperidine rings is 1. The van der Waals surface area contributed by atoms with Crippen molar-refractivity contribution in [3.05, 3.63) is 57.3 Å². The third kappa shape index (κ3) is 3.83. The first-order valence-electron chi connectivity index (χ1n) is 10.2. The Kier molecular flexibility index (Phi) is 5.49. The minimum absolute atomic E-state index is 0.0205. The van der Waals surface area contributed by atoms with E-state index in [2.05, 4.69) is 29.2 Å². The van der Waals surface area contributed by atoms with E-state index >= 15 is 0 Å². The summed E-state index contributed by atoms with van der Waals surface area (Å²) in [6.45, 7) is 5.69. The first-order valence-corrected chi connectivity index (χ1v) is 11.1. The SMILES string of the molecule is Cc1ccsc1C(=O)N1Cc2ccccc2C2(CCN(CC(=O)N(C)C)CC2)C1. The predicted molar refractivity (Wildman–Crippen MR) is 116 cm³/mol. The second kappa shape index (κ2) is 7.92. The number of benzene rings is 1. The first-order chi connectivity index (χ1) is 13.9. The average molecular weight is 412 g/mol. The summed E-state index contributed by atoms with van der Waals surface area (Å²) in [6, 6.07) is 10.6. The highest BCUT2D eigenvalue weighted by Crippen LogP contribution is 2.42. The van der Waals surface area contributed by atoms with Gasteiger partial charge in [-0.15, -0.1) is 11.3 Å². The normalized spacial score (nSPS) is 18.5. The molecule has 0 aliphatic carbocycles.